The molecule has 6 nitrogen and oxygen atoms in total. The Labute approximate surface area is 134 Å². The zero-order valence-electron chi connectivity index (χ0n) is 14.6. The number of aliphatic carboxylic acids is 1. The van der Waals surface area contributed by atoms with E-state index in [0.29, 0.717) is 15.8 Å². The lowest BCUT2D eigenvalue weighted by atomic mass is 10.2. The first-order chi connectivity index (χ1) is 9.91. The molecule has 1 unspecified atom stereocenters. The molecule has 0 fully saturated rings. The Morgan fingerprint density at radius 2 is 1.86 bits per heavy atom. The van der Waals surface area contributed by atoms with Crippen molar-refractivity contribution in [2.75, 3.05) is 0 Å². The lowest BCUT2D eigenvalue weighted by Crippen LogP contribution is -2.35. The van der Waals surface area contributed by atoms with E-state index in [0.717, 1.165) is 12.6 Å². The second kappa shape index (κ2) is 6.91. The summed E-state index contributed by atoms with van der Waals surface area (Å²) in [6.45, 7) is 14.7. The molecule has 7 heteroatoms. The molecule has 22 heavy (non-hydrogen) atoms. The van der Waals surface area contributed by atoms with Crippen molar-refractivity contribution in [2.24, 2.45) is 5.73 Å². The standard InChI is InChI=1S/C15H29N4O2Si/c1-14(2,3)22(15(4,5)6)8-7-19-10-11(17-18-19)9-12(16)13(20)21/h10,12H,7-9,16H2,1-6H3,(H,20,21). The molecule has 0 aromatic carbocycles. The predicted molar refractivity (Wildman–Crippen MR) is 89.3 cm³/mol. The minimum atomic E-state index is -1.01. The van der Waals surface area contributed by atoms with Crippen LogP contribution in [0.15, 0.2) is 6.20 Å². The molecule has 0 saturated carbocycles. The van der Waals surface area contributed by atoms with Gasteiger partial charge in [-0.3, -0.25) is 9.48 Å². The molecule has 1 atom stereocenters. The van der Waals surface area contributed by atoms with Crippen LogP contribution in [0.25, 0.3) is 0 Å². The van der Waals surface area contributed by atoms with Crippen LogP contribution in [0.5, 0.6) is 0 Å². The van der Waals surface area contributed by atoms with E-state index in [-0.39, 0.29) is 6.42 Å². The number of carbonyl (C=O) groups is 1. The summed E-state index contributed by atoms with van der Waals surface area (Å²) >= 11 is 0. The lowest BCUT2D eigenvalue weighted by molar-refractivity contribution is -0.138. The maximum atomic E-state index is 10.8. The monoisotopic (exact) mass is 325 g/mol. The molecule has 1 aromatic heterocycles. The molecule has 0 bridgehead atoms. The van der Waals surface area contributed by atoms with E-state index >= 15 is 0 Å². The van der Waals surface area contributed by atoms with Crippen LogP contribution >= 0.6 is 0 Å². The molecule has 0 aliphatic carbocycles. The molecule has 0 aliphatic rings. The number of rotatable bonds is 6. The van der Waals surface area contributed by atoms with Gasteiger partial charge in [0.15, 0.2) is 0 Å². The summed E-state index contributed by atoms with van der Waals surface area (Å²) < 4.78 is 1.81. The van der Waals surface area contributed by atoms with Gasteiger partial charge in [-0.25, -0.2) is 0 Å². The Balaban J connectivity index is 2.68. The van der Waals surface area contributed by atoms with Crippen LogP contribution in [-0.4, -0.2) is 40.9 Å². The lowest BCUT2D eigenvalue weighted by Gasteiger charge is -2.39. The molecule has 125 valence electrons. The van der Waals surface area contributed by atoms with Gasteiger partial charge in [0.05, 0.1) is 14.5 Å². The first-order valence-corrected chi connectivity index (χ1v) is 9.36. The topological polar surface area (TPSA) is 94.0 Å². The van der Waals surface area contributed by atoms with E-state index in [1.54, 1.807) is 0 Å². The summed E-state index contributed by atoms with van der Waals surface area (Å²) in [5.41, 5.74) is 6.16. The average molecular weight is 326 g/mol. The van der Waals surface area contributed by atoms with Crippen molar-refractivity contribution in [3.8, 4) is 0 Å². The van der Waals surface area contributed by atoms with Crippen LogP contribution in [0.2, 0.25) is 16.1 Å². The van der Waals surface area contributed by atoms with Crippen molar-refractivity contribution >= 4 is 14.8 Å². The SMILES string of the molecule is CC(C)(C)[Si](CCn1cc(CC(N)C(=O)O)nn1)C(C)(C)C. The highest BCUT2D eigenvalue weighted by Gasteiger charge is 2.36. The molecular weight excluding hydrogens is 296 g/mol. The van der Waals surface area contributed by atoms with E-state index in [9.17, 15) is 4.79 Å². The molecule has 0 spiro atoms. The predicted octanol–water partition coefficient (Wildman–Crippen LogP) is 2.33. The third-order valence-corrected chi connectivity index (χ3v) is 8.08. The summed E-state index contributed by atoms with van der Waals surface area (Å²) in [6, 6.07) is 0.180. The largest absolute Gasteiger partial charge is 0.480 e. The third-order valence-electron chi connectivity index (χ3n) is 3.73. The van der Waals surface area contributed by atoms with Gasteiger partial charge in [0.2, 0.25) is 0 Å². The Morgan fingerprint density at radius 3 is 2.32 bits per heavy atom. The highest BCUT2D eigenvalue weighted by molar-refractivity contribution is 6.65. The number of nitrogens with zero attached hydrogens (tertiary/aromatic N) is 3. The van der Waals surface area contributed by atoms with E-state index in [4.69, 9.17) is 10.8 Å². The van der Waals surface area contributed by atoms with Gasteiger partial charge < -0.3 is 10.8 Å². The van der Waals surface area contributed by atoms with Crippen molar-refractivity contribution in [3.05, 3.63) is 11.9 Å². The van der Waals surface area contributed by atoms with Crippen molar-refractivity contribution in [2.45, 2.75) is 76.7 Å². The number of nitrogens with two attached hydrogens (primary N) is 1. The summed E-state index contributed by atoms with van der Waals surface area (Å²) in [5, 5.41) is 17.6. The molecule has 1 heterocycles. The first-order valence-electron chi connectivity index (χ1n) is 7.65. The number of carboxylic acids is 1. The summed E-state index contributed by atoms with van der Waals surface area (Å²) in [7, 11) is -0.607. The van der Waals surface area contributed by atoms with Gasteiger partial charge >= 0.3 is 5.97 Å². The van der Waals surface area contributed by atoms with Gasteiger partial charge in [-0.05, 0) is 16.1 Å². The normalized spacial score (nSPS) is 14.4. The molecule has 0 aliphatic heterocycles. The number of aryl methyl sites for hydroxylation is 1. The Bertz CT molecular complexity index is 488. The smallest absolute Gasteiger partial charge is 0.320 e. The quantitative estimate of drug-likeness (QED) is 0.783. The maximum Gasteiger partial charge on any atom is 0.320 e. The Kier molecular flexibility index (Phi) is 5.92. The minimum absolute atomic E-state index is 0.214. The number of aromatic nitrogens is 3. The average Bonchev–Trinajstić information content (AvgIpc) is 2.73. The fourth-order valence-corrected chi connectivity index (χ4v) is 7.16. The first kappa shape index (κ1) is 18.8. The molecule has 0 saturated heterocycles. The summed E-state index contributed by atoms with van der Waals surface area (Å²) in [6.07, 6.45) is 2.03. The number of hydrogen-bond acceptors (Lipinski definition) is 4. The van der Waals surface area contributed by atoms with Gasteiger partial charge in [0, 0.05) is 19.2 Å². The minimum Gasteiger partial charge on any atom is -0.480 e. The van der Waals surface area contributed by atoms with Crippen LogP contribution in [-0.2, 0) is 17.8 Å². The van der Waals surface area contributed by atoms with E-state index in [1.165, 1.54) is 0 Å². The second-order valence-electron chi connectivity index (χ2n) is 7.85. The fraction of sp³-hybridized carbons (Fsp3) is 0.800. The highest BCUT2D eigenvalue weighted by atomic mass is 28.3. The van der Waals surface area contributed by atoms with Gasteiger partial charge in [-0.1, -0.05) is 46.8 Å². The number of hydrogen-bond donors (Lipinski definition) is 2. The zero-order chi connectivity index (χ0) is 17.1. The fourth-order valence-electron chi connectivity index (χ4n) is 2.96. The third kappa shape index (κ3) is 5.53. The van der Waals surface area contributed by atoms with Gasteiger partial charge in [-0.15, -0.1) is 5.10 Å². The van der Waals surface area contributed by atoms with Crippen molar-refractivity contribution < 1.29 is 9.90 Å². The van der Waals surface area contributed by atoms with Crippen LogP contribution in [0.1, 0.15) is 47.2 Å². The van der Waals surface area contributed by atoms with Crippen molar-refractivity contribution in [1.82, 2.24) is 15.0 Å². The van der Waals surface area contributed by atoms with Crippen LogP contribution in [0, 0.1) is 0 Å². The van der Waals surface area contributed by atoms with E-state index < -0.39 is 20.8 Å². The van der Waals surface area contributed by atoms with Crippen LogP contribution in [0.4, 0.5) is 0 Å². The Hall–Kier alpha value is -1.21. The van der Waals surface area contributed by atoms with Gasteiger partial charge in [0.1, 0.15) is 6.04 Å². The molecule has 1 aromatic rings. The Morgan fingerprint density at radius 1 is 1.32 bits per heavy atom. The summed E-state index contributed by atoms with van der Waals surface area (Å²) in [5.74, 6) is -1.01. The van der Waals surface area contributed by atoms with Crippen molar-refractivity contribution in [3.63, 3.8) is 0 Å². The zero-order valence-corrected chi connectivity index (χ0v) is 15.6. The molecule has 1 radical (unpaired) electrons. The van der Waals surface area contributed by atoms with Crippen LogP contribution < -0.4 is 5.73 Å². The second-order valence-corrected chi connectivity index (χ2v) is 12.3. The van der Waals surface area contributed by atoms with Gasteiger partial charge in [0.25, 0.3) is 0 Å². The van der Waals surface area contributed by atoms with Gasteiger partial charge in [-0.2, -0.15) is 0 Å². The molecule has 3 N–H and O–H groups in total. The van der Waals surface area contributed by atoms with E-state index in [2.05, 4.69) is 51.9 Å². The summed E-state index contributed by atoms with van der Waals surface area (Å²) in [4.78, 5) is 10.8. The molecule has 0 amide bonds. The highest BCUT2D eigenvalue weighted by Crippen LogP contribution is 2.43. The van der Waals surface area contributed by atoms with E-state index in [1.807, 2.05) is 10.9 Å². The molecule has 1 rings (SSSR count). The maximum absolute atomic E-state index is 10.8. The molecular formula is C15H29N4O2Si. The number of carboxylic acid groups (broad SMARTS) is 1. The van der Waals surface area contributed by atoms with Crippen molar-refractivity contribution in [1.29, 1.82) is 0 Å². The van der Waals surface area contributed by atoms with Crippen LogP contribution in [0.3, 0.4) is 0 Å².